The Morgan fingerprint density at radius 2 is 1.84 bits per heavy atom. The number of ether oxygens (including phenoxy) is 1. The molecule has 192 valence electrons. The van der Waals surface area contributed by atoms with Crippen LogP contribution < -0.4 is 10.6 Å². The van der Waals surface area contributed by atoms with Crippen molar-refractivity contribution in [1.82, 2.24) is 15.1 Å². The van der Waals surface area contributed by atoms with E-state index in [1.165, 1.54) is 4.90 Å². The van der Waals surface area contributed by atoms with Gasteiger partial charge in [0.2, 0.25) is 11.8 Å². The molecule has 0 spiro atoms. The molecule has 5 amide bonds. The lowest BCUT2D eigenvalue weighted by Crippen LogP contribution is -2.52. The molecule has 4 rings (SSSR count). The summed E-state index contributed by atoms with van der Waals surface area (Å²) in [7, 11) is 0. The van der Waals surface area contributed by atoms with Gasteiger partial charge in [-0.05, 0) is 24.1 Å². The van der Waals surface area contributed by atoms with Crippen molar-refractivity contribution < 1.29 is 38.6 Å². The summed E-state index contributed by atoms with van der Waals surface area (Å²) in [6.45, 7) is -1.19. The van der Waals surface area contributed by atoms with Crippen LogP contribution in [0.15, 0.2) is 48.5 Å². The maximum absolute atomic E-state index is 12.9. The third kappa shape index (κ3) is 5.92. The Bertz CT molecular complexity index is 1260. The summed E-state index contributed by atoms with van der Waals surface area (Å²) in [6, 6.07) is 12.7. The molecule has 12 nitrogen and oxygen atoms in total. The minimum atomic E-state index is -1.21. The zero-order valence-corrected chi connectivity index (χ0v) is 19.6. The summed E-state index contributed by atoms with van der Waals surface area (Å²) >= 11 is 0. The van der Waals surface area contributed by atoms with Crippen LogP contribution in [0, 0.1) is 0 Å². The number of carbonyl (C=O) groups is 6. The first-order chi connectivity index (χ1) is 17.7. The van der Waals surface area contributed by atoms with Crippen LogP contribution in [0.25, 0.3) is 0 Å². The van der Waals surface area contributed by atoms with Gasteiger partial charge in [0.25, 0.3) is 11.8 Å². The molecule has 2 aliphatic rings. The van der Waals surface area contributed by atoms with Crippen molar-refractivity contribution in [3.63, 3.8) is 0 Å². The Kier molecular flexibility index (Phi) is 7.47. The van der Waals surface area contributed by atoms with Crippen LogP contribution in [0.4, 0.5) is 10.5 Å². The van der Waals surface area contributed by atoms with Crippen LogP contribution in [-0.4, -0.2) is 69.8 Å². The Morgan fingerprint density at radius 3 is 2.54 bits per heavy atom. The second-order valence-corrected chi connectivity index (χ2v) is 8.56. The van der Waals surface area contributed by atoms with Crippen molar-refractivity contribution in [2.24, 2.45) is 0 Å². The first kappa shape index (κ1) is 25.4. The maximum Gasteiger partial charge on any atom is 0.412 e. The number of nitrogens with one attached hydrogen (secondary N) is 2. The van der Waals surface area contributed by atoms with E-state index in [4.69, 9.17) is 9.84 Å². The summed E-state index contributed by atoms with van der Waals surface area (Å²) in [6.07, 6.45) is -0.651. The molecule has 37 heavy (non-hydrogen) atoms. The van der Waals surface area contributed by atoms with E-state index in [9.17, 15) is 28.8 Å². The van der Waals surface area contributed by atoms with Crippen molar-refractivity contribution in [3.05, 3.63) is 65.2 Å². The number of hydrogen-bond acceptors (Lipinski definition) is 7. The van der Waals surface area contributed by atoms with E-state index in [0.717, 1.165) is 4.90 Å². The Labute approximate surface area is 211 Å². The van der Waals surface area contributed by atoms with Gasteiger partial charge < -0.3 is 19.6 Å². The van der Waals surface area contributed by atoms with Crippen molar-refractivity contribution >= 4 is 41.4 Å². The number of carbonyl (C=O) groups excluding carboxylic acids is 5. The molecule has 1 saturated heterocycles. The zero-order valence-electron chi connectivity index (χ0n) is 19.6. The van der Waals surface area contributed by atoms with E-state index in [-0.39, 0.29) is 31.6 Å². The molecule has 2 aromatic rings. The molecule has 0 aliphatic carbocycles. The average molecular weight is 508 g/mol. The molecule has 3 N–H and O–H groups in total. The van der Waals surface area contributed by atoms with Gasteiger partial charge in [-0.3, -0.25) is 34.6 Å². The Balaban J connectivity index is 1.38. The largest absolute Gasteiger partial charge is 0.480 e. The highest BCUT2D eigenvalue weighted by molar-refractivity contribution is 6.06. The number of hydrogen-bond donors (Lipinski definition) is 3. The number of carboxylic acid groups (broad SMARTS) is 1. The molecule has 12 heteroatoms. The highest BCUT2D eigenvalue weighted by Crippen LogP contribution is 2.32. The fourth-order valence-electron chi connectivity index (χ4n) is 4.27. The van der Waals surface area contributed by atoms with Crippen LogP contribution in [0.3, 0.4) is 0 Å². The molecule has 0 bridgehead atoms. The summed E-state index contributed by atoms with van der Waals surface area (Å²) in [5, 5.41) is 13.9. The number of fused-ring (bicyclic) bond motifs is 1. The minimum absolute atomic E-state index is 0.0292. The van der Waals surface area contributed by atoms with Crippen molar-refractivity contribution in [2.75, 3.05) is 18.5 Å². The second-order valence-electron chi connectivity index (χ2n) is 8.56. The number of amides is 5. The second kappa shape index (κ2) is 10.9. The van der Waals surface area contributed by atoms with Crippen LogP contribution in [-0.2, 0) is 37.0 Å². The number of piperidine rings is 1. The molecule has 1 unspecified atom stereocenters. The third-order valence-electron chi connectivity index (χ3n) is 6.04. The van der Waals surface area contributed by atoms with Gasteiger partial charge in [-0.2, -0.15) is 0 Å². The molecular weight excluding hydrogens is 484 g/mol. The fourth-order valence-corrected chi connectivity index (χ4v) is 4.27. The highest BCUT2D eigenvalue weighted by atomic mass is 16.6. The third-order valence-corrected chi connectivity index (χ3v) is 6.04. The Morgan fingerprint density at radius 1 is 1.08 bits per heavy atom. The van der Waals surface area contributed by atoms with E-state index in [1.54, 1.807) is 48.5 Å². The number of aliphatic carboxylic acids is 1. The topological polar surface area (TPSA) is 162 Å². The summed E-state index contributed by atoms with van der Waals surface area (Å²) < 4.78 is 5.03. The summed E-state index contributed by atoms with van der Waals surface area (Å²) in [5.41, 5.74) is 1.75. The van der Waals surface area contributed by atoms with E-state index in [2.05, 4.69) is 10.6 Å². The molecular formula is C25H24N4O8. The van der Waals surface area contributed by atoms with Gasteiger partial charge >= 0.3 is 12.1 Å². The molecule has 2 aromatic carbocycles. The van der Waals surface area contributed by atoms with Gasteiger partial charge in [-0.25, -0.2) is 4.79 Å². The fraction of sp³-hybridized carbons (Fsp3) is 0.280. The number of benzene rings is 2. The smallest absolute Gasteiger partial charge is 0.412 e. The van der Waals surface area contributed by atoms with Crippen molar-refractivity contribution in [2.45, 2.75) is 32.0 Å². The number of nitrogens with zero attached hydrogens (tertiary/aromatic N) is 2. The van der Waals surface area contributed by atoms with Gasteiger partial charge in [0.15, 0.2) is 6.61 Å². The first-order valence-electron chi connectivity index (χ1n) is 11.5. The lowest BCUT2D eigenvalue weighted by Gasteiger charge is -2.29. The van der Waals surface area contributed by atoms with Crippen molar-refractivity contribution in [3.8, 4) is 0 Å². The lowest BCUT2D eigenvalue weighted by atomic mass is 10.0. The van der Waals surface area contributed by atoms with E-state index >= 15 is 0 Å². The van der Waals surface area contributed by atoms with Crippen molar-refractivity contribution in [1.29, 1.82) is 0 Å². The monoisotopic (exact) mass is 508 g/mol. The van der Waals surface area contributed by atoms with Gasteiger partial charge in [-0.15, -0.1) is 0 Å². The first-order valence-corrected chi connectivity index (χ1v) is 11.5. The van der Waals surface area contributed by atoms with Crippen LogP contribution in [0.2, 0.25) is 0 Å². The summed E-state index contributed by atoms with van der Waals surface area (Å²) in [5.74, 6) is -3.25. The molecule has 1 fully saturated rings. The number of rotatable bonds is 8. The lowest BCUT2D eigenvalue weighted by molar-refractivity contribution is -0.146. The molecule has 2 aliphatic heterocycles. The molecule has 2 heterocycles. The number of carboxylic acids is 1. The number of anilines is 1. The zero-order chi connectivity index (χ0) is 26.5. The predicted octanol–water partition coefficient (Wildman–Crippen LogP) is 1.11. The van der Waals surface area contributed by atoms with Crippen LogP contribution in [0.1, 0.15) is 34.3 Å². The quantitative estimate of drug-likeness (QED) is 0.447. The molecule has 1 atom stereocenters. The van der Waals surface area contributed by atoms with Gasteiger partial charge in [0.05, 0.1) is 0 Å². The predicted molar refractivity (Wildman–Crippen MR) is 127 cm³/mol. The SMILES string of the molecule is O=C(O)CN(Cc1ccccc1)C(=O)COC(=O)Nc1cccc2c1CN(C1CCC(=O)NC1=O)C2=O. The van der Waals surface area contributed by atoms with E-state index in [1.807, 2.05) is 0 Å². The average Bonchev–Trinajstić information content (AvgIpc) is 3.19. The van der Waals surface area contributed by atoms with Crippen LogP contribution in [0.5, 0.6) is 0 Å². The summed E-state index contributed by atoms with van der Waals surface area (Å²) in [4.78, 5) is 75.3. The molecule has 0 aromatic heterocycles. The van der Waals surface area contributed by atoms with Crippen LogP contribution >= 0.6 is 0 Å². The minimum Gasteiger partial charge on any atom is -0.480 e. The maximum atomic E-state index is 12.9. The normalized spacial score (nSPS) is 16.6. The highest BCUT2D eigenvalue weighted by Gasteiger charge is 2.40. The molecule has 0 radical (unpaired) electrons. The van der Waals surface area contributed by atoms with Gasteiger partial charge in [0, 0.05) is 36.3 Å². The number of imide groups is 1. The van der Waals surface area contributed by atoms with E-state index in [0.29, 0.717) is 16.7 Å². The van der Waals surface area contributed by atoms with Gasteiger partial charge in [0.1, 0.15) is 12.6 Å². The Hall–Kier alpha value is -4.74. The van der Waals surface area contributed by atoms with E-state index < -0.39 is 54.9 Å². The molecule has 0 saturated carbocycles. The standard InChI is InChI=1S/C25H24N4O8/c30-20-10-9-19(23(34)27-20)29-12-17-16(24(29)35)7-4-8-18(17)26-25(36)37-14-21(31)28(13-22(32)33)11-15-5-2-1-3-6-15/h1-8,19H,9-14H2,(H,26,36)(H,32,33)(H,27,30,34). The van der Waals surface area contributed by atoms with Gasteiger partial charge in [-0.1, -0.05) is 36.4 Å².